The molecule has 1 aromatic heterocycles. The first kappa shape index (κ1) is 31.2. The normalized spacial score (nSPS) is 11.6. The topological polar surface area (TPSA) is 54.1 Å². The monoisotopic (exact) mass is 598 g/mol. The molecule has 224 valence electrons. The van der Waals surface area contributed by atoms with Crippen LogP contribution in [0.2, 0.25) is 0 Å². The third-order valence-electron chi connectivity index (χ3n) is 6.55. The van der Waals surface area contributed by atoms with E-state index >= 15 is 0 Å². The van der Waals surface area contributed by atoms with Crippen LogP contribution >= 0.6 is 0 Å². The Morgan fingerprint density at radius 2 is 1.37 bits per heavy atom. The van der Waals surface area contributed by atoms with Crippen molar-refractivity contribution >= 4 is 22.5 Å². The number of nitrogens with one attached hydrogen (secondary N) is 2. The van der Waals surface area contributed by atoms with Crippen LogP contribution in [0, 0.1) is 0 Å². The number of amides is 1. The van der Waals surface area contributed by atoms with Crippen molar-refractivity contribution in [3.8, 4) is 22.6 Å². The van der Waals surface area contributed by atoms with Crippen molar-refractivity contribution in [1.29, 1.82) is 0 Å². The number of aryl methyl sites for hydroxylation is 1. The Balaban J connectivity index is 0.00000207. The second kappa shape index (κ2) is 12.6. The zero-order valence-electron chi connectivity index (χ0n) is 23.5. The van der Waals surface area contributed by atoms with Gasteiger partial charge in [-0.1, -0.05) is 63.2 Å². The first-order valence-electron chi connectivity index (χ1n) is 13.5. The Morgan fingerprint density at radius 3 is 1.93 bits per heavy atom. The first-order valence-corrected chi connectivity index (χ1v) is 13.5. The highest BCUT2D eigenvalue weighted by molar-refractivity contribution is 6.04. The lowest BCUT2D eigenvalue weighted by Gasteiger charge is -2.21. The van der Waals surface area contributed by atoms with Gasteiger partial charge in [0.15, 0.2) is 5.75 Å². The van der Waals surface area contributed by atoms with Crippen LogP contribution in [0.25, 0.3) is 22.0 Å². The third kappa shape index (κ3) is 7.02. The van der Waals surface area contributed by atoms with Crippen molar-refractivity contribution in [3.05, 3.63) is 113 Å². The Labute approximate surface area is 244 Å². The van der Waals surface area contributed by atoms with Crippen molar-refractivity contribution in [1.82, 2.24) is 4.98 Å². The molecule has 0 saturated carbocycles. The molecule has 0 spiro atoms. The van der Waals surface area contributed by atoms with E-state index in [-0.39, 0.29) is 11.3 Å². The number of benzene rings is 4. The second-order valence-electron chi connectivity index (χ2n) is 9.27. The lowest BCUT2D eigenvalue weighted by atomic mass is 10.0. The van der Waals surface area contributed by atoms with E-state index in [0.29, 0.717) is 29.5 Å². The lowest BCUT2D eigenvalue weighted by molar-refractivity contribution is -0.144. The third-order valence-corrected chi connectivity index (χ3v) is 6.55. The molecule has 4 nitrogen and oxygen atoms in total. The molecule has 0 aliphatic carbocycles. The van der Waals surface area contributed by atoms with Gasteiger partial charge in [-0.3, -0.25) is 4.79 Å². The maximum absolute atomic E-state index is 14.1. The van der Waals surface area contributed by atoms with E-state index in [9.17, 15) is 31.1 Å². The number of H-pyrrole nitrogens is 1. The van der Waals surface area contributed by atoms with E-state index < -0.39 is 40.8 Å². The maximum Gasteiger partial charge on any atom is 0.420 e. The van der Waals surface area contributed by atoms with Gasteiger partial charge in [-0.05, 0) is 65.6 Å². The molecular weight excluding hydrogens is 570 g/mol. The molecule has 0 bridgehead atoms. The van der Waals surface area contributed by atoms with Gasteiger partial charge in [-0.2, -0.15) is 26.3 Å². The zero-order valence-corrected chi connectivity index (χ0v) is 23.5. The van der Waals surface area contributed by atoms with E-state index in [1.165, 1.54) is 30.3 Å². The number of hydrogen-bond donors (Lipinski definition) is 2. The summed E-state index contributed by atoms with van der Waals surface area (Å²) >= 11 is 0. The van der Waals surface area contributed by atoms with Crippen molar-refractivity contribution < 1.29 is 35.9 Å². The number of carbonyl (C=O) groups excluding carboxylic acids is 1. The summed E-state index contributed by atoms with van der Waals surface area (Å²) < 4.78 is 90.0. The van der Waals surface area contributed by atoms with Crippen LogP contribution in [0.3, 0.4) is 0 Å². The summed E-state index contributed by atoms with van der Waals surface area (Å²) in [7, 11) is 0. The van der Waals surface area contributed by atoms with Gasteiger partial charge in [-0.25, -0.2) is 0 Å². The molecule has 0 fully saturated rings. The smallest absolute Gasteiger partial charge is 0.420 e. The highest BCUT2D eigenvalue weighted by Crippen LogP contribution is 2.47. The molecule has 2 N–H and O–H groups in total. The van der Waals surface area contributed by atoms with E-state index in [1.54, 1.807) is 18.3 Å². The molecule has 0 atom stereocenters. The molecule has 0 radical (unpaired) electrons. The highest BCUT2D eigenvalue weighted by atomic mass is 19.4. The summed E-state index contributed by atoms with van der Waals surface area (Å²) in [6.45, 7) is 5.87. The van der Waals surface area contributed by atoms with Crippen molar-refractivity contribution in [3.63, 3.8) is 0 Å². The number of halogens is 6. The molecule has 43 heavy (non-hydrogen) atoms. The number of carbonyl (C=O) groups is 1. The average molecular weight is 599 g/mol. The average Bonchev–Trinajstić information content (AvgIpc) is 3.40. The first-order chi connectivity index (χ1) is 20.4. The predicted octanol–water partition coefficient (Wildman–Crippen LogP) is 10.5. The maximum atomic E-state index is 14.1. The quantitative estimate of drug-likeness (QED) is 0.191. The Hall–Kier alpha value is -4.73. The van der Waals surface area contributed by atoms with Gasteiger partial charge in [0.25, 0.3) is 5.91 Å². The SMILES string of the molecule is CC.CCc1c[nH]c2ccc(Oc3c(C(F)(F)F)cc(NC(=O)c4ccc(-c5ccccc5)cc4)cc3C(F)(F)F)cc12. The summed E-state index contributed by atoms with van der Waals surface area (Å²) in [5.74, 6) is -2.47. The standard InChI is InChI=1S/C31H22F6N2O2.C2H6/c1-2-18-17-38-27-13-12-23(16-24(18)27)41-28-25(30(32,33)34)14-22(15-26(28)31(35,36)37)39-29(40)21-10-8-20(9-11-21)19-6-4-3-5-7-19;1-2/h3-17,38H,2H2,1H3,(H,39,40);1-2H3. The molecule has 0 unspecified atom stereocenters. The summed E-state index contributed by atoms with van der Waals surface area (Å²) in [4.78, 5) is 15.8. The van der Waals surface area contributed by atoms with Gasteiger partial charge in [0.1, 0.15) is 16.9 Å². The number of aromatic nitrogens is 1. The molecule has 1 amide bonds. The Kier molecular flexibility index (Phi) is 9.18. The number of alkyl halides is 6. The van der Waals surface area contributed by atoms with Gasteiger partial charge in [0, 0.05) is 28.4 Å². The van der Waals surface area contributed by atoms with Crippen LogP contribution in [0.5, 0.6) is 11.5 Å². The molecular formula is C33H28F6N2O2. The van der Waals surface area contributed by atoms with Crippen molar-refractivity contribution in [2.24, 2.45) is 0 Å². The highest BCUT2D eigenvalue weighted by Gasteiger charge is 2.43. The number of fused-ring (bicyclic) bond motifs is 1. The van der Waals surface area contributed by atoms with Crippen LogP contribution in [0.1, 0.15) is 47.8 Å². The Morgan fingerprint density at radius 1 is 0.791 bits per heavy atom. The molecule has 5 rings (SSSR count). The largest absolute Gasteiger partial charge is 0.456 e. The van der Waals surface area contributed by atoms with Crippen LogP contribution in [0.4, 0.5) is 32.0 Å². The number of anilines is 1. The fraction of sp³-hybridized carbons (Fsp3) is 0.182. The molecule has 4 aromatic carbocycles. The summed E-state index contributed by atoms with van der Waals surface area (Å²) in [6, 6.07) is 20.4. The number of rotatable bonds is 6. The van der Waals surface area contributed by atoms with Gasteiger partial charge in [0.2, 0.25) is 0 Å². The molecule has 5 aromatic rings. The van der Waals surface area contributed by atoms with Crippen LogP contribution in [0.15, 0.2) is 91.1 Å². The van der Waals surface area contributed by atoms with E-state index in [4.69, 9.17) is 4.74 Å². The molecule has 10 heteroatoms. The molecule has 0 saturated heterocycles. The second-order valence-corrected chi connectivity index (χ2v) is 9.27. The minimum Gasteiger partial charge on any atom is -0.456 e. The molecule has 1 heterocycles. The van der Waals surface area contributed by atoms with Crippen molar-refractivity contribution in [2.75, 3.05) is 5.32 Å². The zero-order chi connectivity index (χ0) is 31.4. The summed E-state index contributed by atoms with van der Waals surface area (Å²) in [6.07, 6.45) is -8.14. The van der Waals surface area contributed by atoms with Gasteiger partial charge in [-0.15, -0.1) is 0 Å². The molecule has 0 aliphatic rings. The van der Waals surface area contributed by atoms with Crippen LogP contribution in [-0.2, 0) is 18.8 Å². The van der Waals surface area contributed by atoms with Crippen LogP contribution in [-0.4, -0.2) is 10.9 Å². The predicted molar refractivity (Wildman–Crippen MR) is 155 cm³/mol. The minimum absolute atomic E-state index is 0.0543. The minimum atomic E-state index is -5.22. The van der Waals surface area contributed by atoms with E-state index in [0.717, 1.165) is 16.7 Å². The fourth-order valence-electron chi connectivity index (χ4n) is 4.51. The lowest BCUT2D eigenvalue weighted by Crippen LogP contribution is -2.17. The summed E-state index contributed by atoms with van der Waals surface area (Å²) in [5, 5.41) is 2.79. The number of aromatic amines is 1. The van der Waals surface area contributed by atoms with Gasteiger partial charge < -0.3 is 15.0 Å². The number of hydrogen-bond acceptors (Lipinski definition) is 2. The van der Waals surface area contributed by atoms with E-state index in [1.807, 2.05) is 51.1 Å². The summed E-state index contributed by atoms with van der Waals surface area (Å²) in [5.41, 5.74) is -0.822. The fourth-order valence-corrected chi connectivity index (χ4v) is 4.51. The van der Waals surface area contributed by atoms with Crippen molar-refractivity contribution in [2.45, 2.75) is 39.5 Å². The Bertz CT molecular complexity index is 1670. The van der Waals surface area contributed by atoms with Gasteiger partial charge in [0.05, 0.1) is 0 Å². The molecule has 0 aliphatic heterocycles. The number of ether oxygens (including phenoxy) is 1. The van der Waals surface area contributed by atoms with E-state index in [2.05, 4.69) is 10.3 Å². The van der Waals surface area contributed by atoms with Gasteiger partial charge >= 0.3 is 12.4 Å². The van der Waals surface area contributed by atoms with Crippen LogP contribution < -0.4 is 10.1 Å².